The number of aromatic nitrogens is 1. The van der Waals surface area contributed by atoms with E-state index in [1.807, 2.05) is 0 Å². The second-order valence-electron chi connectivity index (χ2n) is 6.91. The average Bonchev–Trinajstić information content (AvgIpc) is 3.13. The van der Waals surface area contributed by atoms with Crippen molar-refractivity contribution < 1.29 is 21.6 Å². The number of benzene rings is 1. The number of fused-ring (bicyclic) bond motifs is 1. The fourth-order valence-corrected chi connectivity index (χ4v) is 6.46. The van der Waals surface area contributed by atoms with Crippen LogP contribution in [0.25, 0.3) is 10.1 Å². The Morgan fingerprint density at radius 3 is 2.60 bits per heavy atom. The summed E-state index contributed by atoms with van der Waals surface area (Å²) in [5, 5.41) is 3.98. The predicted octanol–water partition coefficient (Wildman–Crippen LogP) is 4.35. The zero-order valence-electron chi connectivity index (χ0n) is 15.5. The second-order valence-corrected chi connectivity index (χ2v) is 10.6. The highest BCUT2D eigenvalue weighted by atomic mass is 35.5. The van der Waals surface area contributed by atoms with Crippen LogP contribution in [0.15, 0.2) is 40.7 Å². The van der Waals surface area contributed by atoms with Gasteiger partial charge in [-0.05, 0) is 35.9 Å². The quantitative estimate of drug-likeness (QED) is 0.607. The fourth-order valence-electron chi connectivity index (χ4n) is 3.44. The SMILES string of the molecule is O=S(=O)(Cc1cc(Cl)ccc1C(F)(F)F)c1cc2c(N3CCNCC3)nccc2s1. The first kappa shape index (κ1) is 21.4. The minimum atomic E-state index is -4.67. The predicted molar refractivity (Wildman–Crippen MR) is 112 cm³/mol. The lowest BCUT2D eigenvalue weighted by Crippen LogP contribution is -2.43. The van der Waals surface area contributed by atoms with Crippen molar-refractivity contribution in [3.63, 3.8) is 0 Å². The van der Waals surface area contributed by atoms with Crippen molar-refractivity contribution in [2.75, 3.05) is 31.1 Å². The van der Waals surface area contributed by atoms with E-state index in [1.165, 1.54) is 6.07 Å². The van der Waals surface area contributed by atoms with Crippen LogP contribution in [-0.4, -0.2) is 39.6 Å². The van der Waals surface area contributed by atoms with Crippen LogP contribution in [0.4, 0.5) is 19.0 Å². The number of alkyl halides is 3. The van der Waals surface area contributed by atoms with Gasteiger partial charge in [-0.25, -0.2) is 13.4 Å². The van der Waals surface area contributed by atoms with Crippen LogP contribution in [0.2, 0.25) is 5.02 Å². The van der Waals surface area contributed by atoms with E-state index in [9.17, 15) is 21.6 Å². The van der Waals surface area contributed by atoms with Crippen molar-refractivity contribution in [3.05, 3.63) is 52.7 Å². The molecule has 0 atom stereocenters. The van der Waals surface area contributed by atoms with Gasteiger partial charge in [0.15, 0.2) is 9.84 Å². The molecule has 3 aromatic rings. The summed E-state index contributed by atoms with van der Waals surface area (Å²) in [6, 6.07) is 6.20. The molecule has 0 aliphatic carbocycles. The van der Waals surface area contributed by atoms with Crippen LogP contribution in [0, 0.1) is 0 Å². The molecule has 2 aromatic heterocycles. The average molecular weight is 476 g/mol. The van der Waals surface area contributed by atoms with Gasteiger partial charge in [-0.15, -0.1) is 11.3 Å². The number of hydrogen-bond donors (Lipinski definition) is 1. The minimum absolute atomic E-state index is 0.00924. The van der Waals surface area contributed by atoms with Crippen molar-refractivity contribution in [3.8, 4) is 0 Å². The van der Waals surface area contributed by atoms with Gasteiger partial charge in [-0.3, -0.25) is 0 Å². The third-order valence-corrected chi connectivity index (χ3v) is 8.41. The highest BCUT2D eigenvalue weighted by molar-refractivity contribution is 7.92. The second kappa shape index (κ2) is 7.99. The van der Waals surface area contributed by atoms with Gasteiger partial charge in [0.2, 0.25) is 0 Å². The van der Waals surface area contributed by atoms with Gasteiger partial charge in [0.05, 0.1) is 11.3 Å². The summed E-state index contributed by atoms with van der Waals surface area (Å²) < 4.78 is 66.7. The van der Waals surface area contributed by atoms with E-state index in [-0.39, 0.29) is 14.8 Å². The molecular weight excluding hydrogens is 459 g/mol. The largest absolute Gasteiger partial charge is 0.416 e. The van der Waals surface area contributed by atoms with Gasteiger partial charge < -0.3 is 10.2 Å². The van der Waals surface area contributed by atoms with Crippen molar-refractivity contribution in [2.24, 2.45) is 0 Å². The van der Waals surface area contributed by atoms with Crippen LogP contribution >= 0.6 is 22.9 Å². The van der Waals surface area contributed by atoms with E-state index < -0.39 is 27.3 Å². The molecule has 1 N–H and O–H groups in total. The lowest BCUT2D eigenvalue weighted by Gasteiger charge is -2.28. The zero-order valence-corrected chi connectivity index (χ0v) is 17.9. The normalized spacial score (nSPS) is 15.7. The number of hydrogen-bond acceptors (Lipinski definition) is 6. The molecule has 5 nitrogen and oxygen atoms in total. The molecule has 1 aromatic carbocycles. The zero-order chi connectivity index (χ0) is 21.5. The first-order valence-corrected chi connectivity index (χ1v) is 11.9. The first-order valence-electron chi connectivity index (χ1n) is 9.08. The maximum absolute atomic E-state index is 13.3. The third-order valence-electron chi connectivity index (χ3n) is 4.84. The summed E-state index contributed by atoms with van der Waals surface area (Å²) >= 11 is 6.87. The van der Waals surface area contributed by atoms with Gasteiger partial charge in [0.1, 0.15) is 10.0 Å². The summed E-state index contributed by atoms with van der Waals surface area (Å²) in [4.78, 5) is 6.48. The van der Waals surface area contributed by atoms with Gasteiger partial charge in [-0.2, -0.15) is 13.2 Å². The van der Waals surface area contributed by atoms with Crippen molar-refractivity contribution in [1.29, 1.82) is 0 Å². The Morgan fingerprint density at radius 1 is 1.17 bits per heavy atom. The number of thiophene rings is 1. The van der Waals surface area contributed by atoms with Crippen LogP contribution < -0.4 is 10.2 Å². The smallest absolute Gasteiger partial charge is 0.354 e. The molecule has 4 rings (SSSR count). The van der Waals surface area contributed by atoms with Gasteiger partial charge in [0.25, 0.3) is 0 Å². The van der Waals surface area contributed by atoms with Crippen LogP contribution in [0.1, 0.15) is 11.1 Å². The molecular formula is C19H17ClF3N3O2S2. The molecule has 1 aliphatic rings. The summed E-state index contributed by atoms with van der Waals surface area (Å²) in [6.07, 6.45) is -3.06. The monoisotopic (exact) mass is 475 g/mol. The lowest BCUT2D eigenvalue weighted by molar-refractivity contribution is -0.138. The highest BCUT2D eigenvalue weighted by Gasteiger charge is 2.35. The summed E-state index contributed by atoms with van der Waals surface area (Å²) in [7, 11) is -4.02. The molecule has 1 saturated heterocycles. The number of rotatable bonds is 4. The van der Waals surface area contributed by atoms with Crippen molar-refractivity contribution >= 4 is 48.7 Å². The molecule has 30 heavy (non-hydrogen) atoms. The Labute approximate surface area is 180 Å². The maximum Gasteiger partial charge on any atom is 0.416 e. The van der Waals surface area contributed by atoms with Crippen LogP contribution in [-0.2, 0) is 21.8 Å². The Morgan fingerprint density at radius 2 is 1.90 bits per heavy atom. The highest BCUT2D eigenvalue weighted by Crippen LogP contribution is 2.38. The molecule has 160 valence electrons. The van der Waals surface area contributed by atoms with E-state index in [0.29, 0.717) is 11.2 Å². The van der Waals surface area contributed by atoms with E-state index in [2.05, 4.69) is 15.2 Å². The topological polar surface area (TPSA) is 62.3 Å². The molecule has 0 unspecified atom stereocenters. The van der Waals surface area contributed by atoms with E-state index in [4.69, 9.17) is 11.6 Å². The lowest BCUT2D eigenvalue weighted by atomic mass is 10.1. The number of nitrogens with zero attached hydrogens (tertiary/aromatic N) is 2. The van der Waals surface area contributed by atoms with Crippen molar-refractivity contribution in [1.82, 2.24) is 10.3 Å². The summed E-state index contributed by atoms with van der Waals surface area (Å²) in [5.74, 6) is -0.101. The number of sulfone groups is 1. The molecule has 0 amide bonds. The van der Waals surface area contributed by atoms with Crippen LogP contribution in [0.3, 0.4) is 0 Å². The molecule has 0 saturated carbocycles. The maximum atomic E-state index is 13.3. The standard InChI is InChI=1S/C19H17ClF3N3O2S2/c20-13-1-2-15(19(21,22)23)12(9-13)11-30(27,28)17-10-14-16(29-17)3-4-25-18(14)26-7-5-24-6-8-26/h1-4,9-10,24H,5-8,11H2. The van der Waals surface area contributed by atoms with Gasteiger partial charge in [-0.1, -0.05) is 11.6 Å². The van der Waals surface area contributed by atoms with Gasteiger partial charge >= 0.3 is 6.18 Å². The number of piperazine rings is 1. The van der Waals surface area contributed by atoms with E-state index in [0.717, 1.165) is 60.4 Å². The summed E-state index contributed by atoms with van der Waals surface area (Å²) in [5.41, 5.74) is -1.37. The molecule has 1 fully saturated rings. The van der Waals surface area contributed by atoms with E-state index >= 15 is 0 Å². The van der Waals surface area contributed by atoms with E-state index in [1.54, 1.807) is 12.3 Å². The number of pyridine rings is 1. The number of halogens is 4. The number of anilines is 1. The molecule has 1 aliphatic heterocycles. The molecule has 0 spiro atoms. The Balaban J connectivity index is 1.73. The number of nitrogens with one attached hydrogen (secondary N) is 1. The Kier molecular flexibility index (Phi) is 5.69. The summed E-state index contributed by atoms with van der Waals surface area (Å²) in [6.45, 7) is 3.06. The first-order chi connectivity index (χ1) is 14.1. The molecule has 0 bridgehead atoms. The minimum Gasteiger partial charge on any atom is -0.354 e. The Hall–Kier alpha value is -1.88. The van der Waals surface area contributed by atoms with Gasteiger partial charge in [0, 0.05) is 47.5 Å². The molecule has 11 heteroatoms. The van der Waals surface area contributed by atoms with Crippen LogP contribution in [0.5, 0.6) is 0 Å². The molecule has 3 heterocycles. The van der Waals surface area contributed by atoms with Crippen molar-refractivity contribution in [2.45, 2.75) is 16.1 Å². The fraction of sp³-hybridized carbons (Fsp3) is 0.316. The Bertz CT molecular complexity index is 1190. The third kappa shape index (κ3) is 4.27. The molecule has 0 radical (unpaired) electrons.